The molecule has 0 aliphatic rings. The molecule has 0 saturated carbocycles. The van der Waals surface area contributed by atoms with Gasteiger partial charge >= 0.3 is 11.9 Å². The van der Waals surface area contributed by atoms with Gasteiger partial charge in [-0.05, 0) is 6.42 Å². The van der Waals surface area contributed by atoms with Crippen LogP contribution >= 0.6 is 0 Å². The van der Waals surface area contributed by atoms with Gasteiger partial charge in [0.1, 0.15) is 9.85 Å². The molecule has 0 aliphatic carbocycles. The molecule has 0 aromatic rings. The van der Waals surface area contributed by atoms with E-state index in [1.807, 2.05) is 0 Å². The van der Waals surface area contributed by atoms with Gasteiger partial charge in [0, 0.05) is 0 Å². The molecule has 0 fully saturated rings. The molecule has 0 rings (SSSR count). The fraction of sp³-hybridized carbons (Fsp3) is 0.900. The second-order valence-electron chi connectivity index (χ2n) is 3.95. The molecule has 7 heteroatoms. The van der Waals surface area contributed by atoms with Crippen molar-refractivity contribution in [2.24, 2.45) is 0 Å². The van der Waals surface area contributed by atoms with Crippen LogP contribution in [0, 0.1) is 20.2 Å². The zero-order chi connectivity index (χ0) is 13.3. The van der Waals surface area contributed by atoms with Crippen molar-refractivity contribution in [2.75, 3.05) is 0 Å². The molecule has 0 aliphatic heterocycles. The highest BCUT2D eigenvalue weighted by molar-refractivity contribution is 5.59. The number of rotatable bonds is 10. The molecule has 97 valence electrons. The van der Waals surface area contributed by atoms with Gasteiger partial charge in [0.25, 0.3) is 0 Å². The fourth-order valence-electron chi connectivity index (χ4n) is 1.53. The van der Waals surface area contributed by atoms with Crippen molar-refractivity contribution in [3.05, 3.63) is 20.2 Å². The molecule has 0 N–H and O–H groups in total. The SMILES string of the molecule is CCCCCCCCC([C]=O)([N+](=O)[O-])[N+](=O)[O-]. The lowest BCUT2D eigenvalue weighted by atomic mass is 10.0. The van der Waals surface area contributed by atoms with Crippen LogP contribution < -0.4 is 0 Å². The standard InChI is InChI=1S/C10H17N2O5/c1-2-3-4-5-6-7-8-10(9-13,11(14)15)12(16)17/h2-8H2,1H3. The Labute approximate surface area is 99.5 Å². The molecule has 0 amide bonds. The van der Waals surface area contributed by atoms with E-state index in [0.717, 1.165) is 32.0 Å². The Balaban J connectivity index is 4.15. The van der Waals surface area contributed by atoms with Crippen molar-refractivity contribution >= 4 is 6.29 Å². The van der Waals surface area contributed by atoms with Crippen molar-refractivity contribution in [3.8, 4) is 0 Å². The van der Waals surface area contributed by atoms with Gasteiger partial charge in [-0.15, -0.1) is 0 Å². The van der Waals surface area contributed by atoms with E-state index in [4.69, 9.17) is 0 Å². The first-order valence-electron chi connectivity index (χ1n) is 5.69. The van der Waals surface area contributed by atoms with Crippen LogP contribution in [-0.2, 0) is 4.79 Å². The van der Waals surface area contributed by atoms with Crippen LogP contribution in [0.5, 0.6) is 0 Å². The maximum absolute atomic E-state index is 10.6. The Hall–Kier alpha value is -1.53. The largest absolute Gasteiger partial charge is 0.523 e. The molecular formula is C10H17N2O5. The number of hydrogen-bond acceptors (Lipinski definition) is 5. The first kappa shape index (κ1) is 15.5. The van der Waals surface area contributed by atoms with Crippen LogP contribution in [0.15, 0.2) is 0 Å². The monoisotopic (exact) mass is 245 g/mol. The van der Waals surface area contributed by atoms with Gasteiger partial charge in [0.2, 0.25) is 0 Å². The predicted octanol–water partition coefficient (Wildman–Crippen LogP) is 2.10. The van der Waals surface area contributed by atoms with E-state index in [9.17, 15) is 25.0 Å². The van der Waals surface area contributed by atoms with Gasteiger partial charge in [0.15, 0.2) is 0 Å². The van der Waals surface area contributed by atoms with Crippen LogP contribution in [0.4, 0.5) is 0 Å². The lowest BCUT2D eigenvalue weighted by Crippen LogP contribution is -2.47. The summed E-state index contributed by atoms with van der Waals surface area (Å²) in [6.45, 7) is 2.06. The zero-order valence-corrected chi connectivity index (χ0v) is 9.89. The molecule has 0 unspecified atom stereocenters. The molecule has 0 atom stereocenters. The summed E-state index contributed by atoms with van der Waals surface area (Å²) in [5.74, 6) is 0. The summed E-state index contributed by atoms with van der Waals surface area (Å²) in [5, 5.41) is 21.1. The summed E-state index contributed by atoms with van der Waals surface area (Å²) in [5.41, 5.74) is -2.77. The van der Waals surface area contributed by atoms with Crippen LogP contribution in [0.3, 0.4) is 0 Å². The highest BCUT2D eigenvalue weighted by atomic mass is 16.7. The van der Waals surface area contributed by atoms with E-state index < -0.39 is 15.5 Å². The van der Waals surface area contributed by atoms with Gasteiger partial charge in [-0.2, -0.15) is 0 Å². The Kier molecular flexibility index (Phi) is 7.00. The Bertz CT molecular complexity index is 266. The highest BCUT2D eigenvalue weighted by Crippen LogP contribution is 2.18. The van der Waals surface area contributed by atoms with E-state index in [-0.39, 0.29) is 6.42 Å². The van der Waals surface area contributed by atoms with Crippen LogP contribution in [0.2, 0.25) is 0 Å². The second-order valence-corrected chi connectivity index (χ2v) is 3.95. The Morgan fingerprint density at radius 2 is 1.47 bits per heavy atom. The smallest absolute Gasteiger partial charge is 0.273 e. The highest BCUT2D eigenvalue weighted by Gasteiger charge is 2.57. The van der Waals surface area contributed by atoms with Crippen molar-refractivity contribution in [3.63, 3.8) is 0 Å². The van der Waals surface area contributed by atoms with Crippen LogP contribution in [-0.4, -0.2) is 21.8 Å². The Morgan fingerprint density at radius 1 is 1.00 bits per heavy atom. The average Bonchev–Trinajstić information content (AvgIpc) is 2.27. The van der Waals surface area contributed by atoms with Crippen molar-refractivity contribution < 1.29 is 14.6 Å². The minimum absolute atomic E-state index is 0.293. The van der Waals surface area contributed by atoms with E-state index in [1.54, 1.807) is 0 Å². The summed E-state index contributed by atoms with van der Waals surface area (Å²) in [6, 6.07) is 0. The summed E-state index contributed by atoms with van der Waals surface area (Å²) in [4.78, 5) is 29.3. The zero-order valence-electron chi connectivity index (χ0n) is 9.89. The number of carbonyl (C=O) groups excluding carboxylic acids is 1. The first-order valence-corrected chi connectivity index (χ1v) is 5.69. The molecule has 17 heavy (non-hydrogen) atoms. The molecule has 1 radical (unpaired) electrons. The quantitative estimate of drug-likeness (QED) is 0.254. The number of hydrogen-bond donors (Lipinski definition) is 0. The lowest BCUT2D eigenvalue weighted by Gasteiger charge is -2.09. The molecule has 0 spiro atoms. The van der Waals surface area contributed by atoms with Gasteiger partial charge in [-0.1, -0.05) is 39.0 Å². The van der Waals surface area contributed by atoms with Crippen LogP contribution in [0.25, 0.3) is 0 Å². The third-order valence-corrected chi connectivity index (χ3v) is 2.65. The second kappa shape index (κ2) is 7.70. The van der Waals surface area contributed by atoms with E-state index in [2.05, 4.69) is 6.92 Å². The molecule has 0 aromatic carbocycles. The minimum atomic E-state index is -2.77. The summed E-state index contributed by atoms with van der Waals surface area (Å²) in [6.07, 6.45) is 5.57. The predicted molar refractivity (Wildman–Crippen MR) is 60.4 cm³/mol. The average molecular weight is 245 g/mol. The fourth-order valence-corrected chi connectivity index (χ4v) is 1.53. The summed E-state index contributed by atoms with van der Waals surface area (Å²) in [7, 11) is 0. The van der Waals surface area contributed by atoms with Crippen molar-refractivity contribution in [2.45, 2.75) is 57.5 Å². The molecule has 0 saturated heterocycles. The third kappa shape index (κ3) is 4.46. The normalized spacial score (nSPS) is 11.1. The van der Waals surface area contributed by atoms with E-state index in [1.165, 1.54) is 0 Å². The lowest BCUT2D eigenvalue weighted by molar-refractivity contribution is -0.772. The van der Waals surface area contributed by atoms with Gasteiger partial charge in [0.05, 0.1) is 6.42 Å². The Morgan fingerprint density at radius 3 is 1.88 bits per heavy atom. The molecule has 0 aromatic heterocycles. The third-order valence-electron chi connectivity index (χ3n) is 2.65. The van der Waals surface area contributed by atoms with Gasteiger partial charge in [-0.3, -0.25) is 25.0 Å². The number of unbranched alkanes of at least 4 members (excludes halogenated alkanes) is 5. The van der Waals surface area contributed by atoms with Crippen molar-refractivity contribution in [1.82, 2.24) is 0 Å². The molecule has 7 nitrogen and oxygen atoms in total. The maximum Gasteiger partial charge on any atom is 0.523 e. The van der Waals surface area contributed by atoms with E-state index >= 15 is 0 Å². The maximum atomic E-state index is 10.6. The topological polar surface area (TPSA) is 103 Å². The molecule has 0 bridgehead atoms. The molecule has 0 heterocycles. The van der Waals surface area contributed by atoms with Crippen molar-refractivity contribution in [1.29, 1.82) is 0 Å². The van der Waals surface area contributed by atoms with Crippen LogP contribution in [0.1, 0.15) is 51.9 Å². The minimum Gasteiger partial charge on any atom is -0.273 e. The first-order chi connectivity index (χ1) is 8.01. The van der Waals surface area contributed by atoms with Gasteiger partial charge in [-0.25, -0.2) is 0 Å². The summed E-state index contributed by atoms with van der Waals surface area (Å²) >= 11 is 0. The number of nitro groups is 2. The van der Waals surface area contributed by atoms with Gasteiger partial charge < -0.3 is 0 Å². The number of nitrogens with zero attached hydrogens (tertiary/aromatic N) is 2. The van der Waals surface area contributed by atoms with E-state index in [0.29, 0.717) is 12.8 Å². The molecular weight excluding hydrogens is 228 g/mol. The summed E-state index contributed by atoms with van der Waals surface area (Å²) < 4.78 is 0.